The van der Waals surface area contributed by atoms with E-state index in [1.165, 1.54) is 0 Å². The summed E-state index contributed by atoms with van der Waals surface area (Å²) in [5, 5.41) is 11.5. The first-order valence-electron chi connectivity index (χ1n) is 11.3. The summed E-state index contributed by atoms with van der Waals surface area (Å²) in [6.45, 7) is -0.209. The number of aliphatic carboxylic acids is 1. The molecule has 5 rings (SSSR count). The Bertz CT molecular complexity index is 1150. The molecule has 7 nitrogen and oxygen atoms in total. The molecule has 0 spiro atoms. The summed E-state index contributed by atoms with van der Waals surface area (Å²) in [6, 6.07) is 13.4. The largest absolute Gasteiger partial charge is 0.481 e. The van der Waals surface area contributed by atoms with Crippen LogP contribution in [0.15, 0.2) is 48.5 Å². The van der Waals surface area contributed by atoms with Crippen LogP contribution in [0.4, 0.5) is 18.0 Å². The molecule has 0 aromatic heterocycles. The number of nitrogens with one attached hydrogen (secondary N) is 1. The average Bonchev–Trinajstić information content (AvgIpc) is 3.24. The number of alkyl halides is 3. The number of hydrogen-bond acceptors (Lipinski definition) is 4. The van der Waals surface area contributed by atoms with Crippen molar-refractivity contribution < 1.29 is 37.4 Å². The van der Waals surface area contributed by atoms with Crippen LogP contribution in [-0.2, 0) is 14.3 Å². The summed E-state index contributed by atoms with van der Waals surface area (Å²) in [4.78, 5) is 37.9. The Kier molecular flexibility index (Phi) is 5.49. The van der Waals surface area contributed by atoms with Crippen molar-refractivity contribution in [2.45, 2.75) is 31.0 Å². The number of carboxylic acid groups (broad SMARTS) is 1. The van der Waals surface area contributed by atoms with Crippen molar-refractivity contribution >= 4 is 18.0 Å². The molecule has 1 heterocycles. The van der Waals surface area contributed by atoms with Crippen LogP contribution in [-0.4, -0.2) is 59.9 Å². The summed E-state index contributed by atoms with van der Waals surface area (Å²) in [5.74, 6) is -2.57. The number of halogens is 3. The number of amides is 2. The highest BCUT2D eigenvalue weighted by atomic mass is 19.4. The summed E-state index contributed by atoms with van der Waals surface area (Å²) in [7, 11) is 0. The quantitative estimate of drug-likeness (QED) is 0.645. The maximum absolute atomic E-state index is 13.2. The number of ether oxygens (including phenoxy) is 1. The minimum absolute atomic E-state index is 0.0614. The van der Waals surface area contributed by atoms with E-state index in [-0.39, 0.29) is 31.5 Å². The SMILES string of the molecule is O=C(NC(CC(F)(F)F)C(=O)N1CC2CC2(C(=O)O)C1)OCC1c2ccccc2-c2ccccc21. The zero-order chi connectivity index (χ0) is 25.0. The van der Waals surface area contributed by atoms with Crippen molar-refractivity contribution in [2.24, 2.45) is 11.3 Å². The normalized spacial score (nSPS) is 23.2. The van der Waals surface area contributed by atoms with Gasteiger partial charge >= 0.3 is 18.2 Å². The maximum atomic E-state index is 13.2. The van der Waals surface area contributed by atoms with E-state index < -0.39 is 42.0 Å². The van der Waals surface area contributed by atoms with E-state index in [4.69, 9.17) is 4.74 Å². The molecule has 184 valence electrons. The van der Waals surface area contributed by atoms with E-state index in [1.807, 2.05) is 48.5 Å². The molecule has 1 saturated carbocycles. The number of carbonyl (C=O) groups excluding carboxylic acids is 2. The van der Waals surface area contributed by atoms with Crippen LogP contribution < -0.4 is 5.32 Å². The number of likely N-dealkylation sites (tertiary alicyclic amines) is 1. The van der Waals surface area contributed by atoms with E-state index in [2.05, 4.69) is 5.32 Å². The molecule has 2 fully saturated rings. The number of carbonyl (C=O) groups is 3. The summed E-state index contributed by atoms with van der Waals surface area (Å²) in [5.41, 5.74) is 2.81. The zero-order valence-corrected chi connectivity index (χ0v) is 18.5. The fraction of sp³-hybridized carbons (Fsp3) is 0.400. The van der Waals surface area contributed by atoms with Crippen molar-refractivity contribution in [3.63, 3.8) is 0 Å². The Morgan fingerprint density at radius 2 is 1.69 bits per heavy atom. The molecule has 3 atom stereocenters. The van der Waals surface area contributed by atoms with Crippen LogP contribution in [0.25, 0.3) is 11.1 Å². The number of piperidine rings is 1. The lowest BCUT2D eigenvalue weighted by molar-refractivity contribution is -0.154. The molecule has 35 heavy (non-hydrogen) atoms. The Balaban J connectivity index is 1.26. The van der Waals surface area contributed by atoms with Gasteiger partial charge in [0, 0.05) is 19.0 Å². The minimum Gasteiger partial charge on any atom is -0.481 e. The lowest BCUT2D eigenvalue weighted by Crippen LogP contribution is -2.51. The number of carboxylic acids is 1. The van der Waals surface area contributed by atoms with Crippen molar-refractivity contribution in [1.29, 1.82) is 0 Å². The average molecular weight is 488 g/mol. The number of rotatable bonds is 6. The Morgan fingerprint density at radius 3 is 2.23 bits per heavy atom. The highest BCUT2D eigenvalue weighted by Crippen LogP contribution is 2.58. The van der Waals surface area contributed by atoms with Gasteiger partial charge in [0.05, 0.1) is 11.8 Å². The van der Waals surface area contributed by atoms with Crippen molar-refractivity contribution in [3.05, 3.63) is 59.7 Å². The molecular formula is C25H23F3N2O5. The van der Waals surface area contributed by atoms with Gasteiger partial charge in [0.15, 0.2) is 0 Å². The van der Waals surface area contributed by atoms with Crippen LogP contribution in [0.5, 0.6) is 0 Å². The molecule has 0 radical (unpaired) electrons. The molecule has 2 aromatic rings. The number of benzene rings is 2. The second-order valence-corrected chi connectivity index (χ2v) is 9.42. The highest BCUT2D eigenvalue weighted by Gasteiger charge is 2.66. The molecule has 1 saturated heterocycles. The molecule has 2 N–H and O–H groups in total. The van der Waals surface area contributed by atoms with Gasteiger partial charge in [-0.3, -0.25) is 9.59 Å². The highest BCUT2D eigenvalue weighted by molar-refractivity contribution is 5.88. The molecule has 2 amide bonds. The molecular weight excluding hydrogens is 465 g/mol. The number of alkyl carbamates (subject to hydrolysis) is 1. The monoisotopic (exact) mass is 488 g/mol. The van der Waals surface area contributed by atoms with Gasteiger partial charge in [0.1, 0.15) is 12.6 Å². The second-order valence-electron chi connectivity index (χ2n) is 9.42. The van der Waals surface area contributed by atoms with Crippen LogP contribution in [0.1, 0.15) is 29.9 Å². The molecule has 10 heteroatoms. The Hall–Kier alpha value is -3.56. The van der Waals surface area contributed by atoms with Crippen molar-refractivity contribution in [2.75, 3.05) is 19.7 Å². The summed E-state index contributed by atoms with van der Waals surface area (Å²) < 4.78 is 44.9. The number of nitrogens with zero attached hydrogens (tertiary/aromatic N) is 1. The second kappa shape index (κ2) is 8.28. The zero-order valence-electron chi connectivity index (χ0n) is 18.5. The third kappa shape index (κ3) is 4.21. The standard InChI is InChI=1S/C25H23F3N2O5/c26-25(27,28)10-20(21(31)30-11-14-9-24(14,13-30)22(32)33)29-23(34)35-12-19-17-7-3-1-5-15(17)16-6-2-4-8-18(16)19/h1-8,14,19-20H,9-13H2,(H,29,34)(H,32,33). The van der Waals surface area contributed by atoms with Gasteiger partial charge < -0.3 is 20.1 Å². The number of fused-ring (bicyclic) bond motifs is 4. The van der Waals surface area contributed by atoms with Crippen LogP contribution in [0.3, 0.4) is 0 Å². The topological polar surface area (TPSA) is 95.9 Å². The third-order valence-corrected chi connectivity index (χ3v) is 7.25. The fourth-order valence-electron chi connectivity index (χ4n) is 5.42. The molecule has 2 aromatic carbocycles. The summed E-state index contributed by atoms with van der Waals surface area (Å²) >= 11 is 0. The van der Waals surface area contributed by atoms with E-state index >= 15 is 0 Å². The minimum atomic E-state index is -4.72. The van der Waals surface area contributed by atoms with Crippen molar-refractivity contribution in [1.82, 2.24) is 10.2 Å². The first-order valence-corrected chi connectivity index (χ1v) is 11.3. The van der Waals surface area contributed by atoms with Gasteiger partial charge in [-0.1, -0.05) is 48.5 Å². The van der Waals surface area contributed by atoms with Gasteiger partial charge in [-0.05, 0) is 34.6 Å². The predicted molar refractivity (Wildman–Crippen MR) is 117 cm³/mol. The van der Waals surface area contributed by atoms with Gasteiger partial charge in [0.2, 0.25) is 5.91 Å². The Labute approximate surface area is 198 Å². The molecule has 3 unspecified atom stereocenters. The van der Waals surface area contributed by atoms with Gasteiger partial charge in [-0.25, -0.2) is 4.79 Å². The Morgan fingerprint density at radius 1 is 1.09 bits per heavy atom. The predicted octanol–water partition coefficient (Wildman–Crippen LogP) is 3.78. The first-order chi connectivity index (χ1) is 16.6. The summed E-state index contributed by atoms with van der Waals surface area (Å²) in [6.07, 6.45) is -7.02. The van der Waals surface area contributed by atoms with Gasteiger partial charge in [-0.15, -0.1) is 0 Å². The van der Waals surface area contributed by atoms with Gasteiger partial charge in [-0.2, -0.15) is 13.2 Å². The molecule has 3 aliphatic rings. The van der Waals surface area contributed by atoms with E-state index in [0.29, 0.717) is 6.42 Å². The molecule has 0 bridgehead atoms. The van der Waals surface area contributed by atoms with Crippen LogP contribution in [0.2, 0.25) is 0 Å². The molecule has 1 aliphatic heterocycles. The smallest absolute Gasteiger partial charge is 0.407 e. The van der Waals surface area contributed by atoms with Gasteiger partial charge in [0.25, 0.3) is 0 Å². The van der Waals surface area contributed by atoms with E-state index in [1.54, 1.807) is 0 Å². The number of hydrogen-bond donors (Lipinski definition) is 2. The van der Waals surface area contributed by atoms with Crippen molar-refractivity contribution in [3.8, 4) is 11.1 Å². The lowest BCUT2D eigenvalue weighted by Gasteiger charge is -2.26. The van der Waals surface area contributed by atoms with E-state index in [0.717, 1.165) is 27.2 Å². The maximum Gasteiger partial charge on any atom is 0.407 e. The lowest BCUT2D eigenvalue weighted by atomic mass is 9.98. The third-order valence-electron chi connectivity index (χ3n) is 7.25. The fourth-order valence-corrected chi connectivity index (χ4v) is 5.42. The van der Waals surface area contributed by atoms with Crippen LogP contribution >= 0.6 is 0 Å². The molecule has 2 aliphatic carbocycles. The first kappa shape index (κ1) is 23.2. The van der Waals surface area contributed by atoms with E-state index in [9.17, 15) is 32.7 Å². The van der Waals surface area contributed by atoms with Crippen LogP contribution in [0, 0.1) is 11.3 Å².